The van der Waals surface area contributed by atoms with Crippen LogP contribution in [0, 0.1) is 6.92 Å². The van der Waals surface area contributed by atoms with Gasteiger partial charge in [-0.3, -0.25) is 0 Å². The molecule has 0 radical (unpaired) electrons. The minimum absolute atomic E-state index is 0.235. The van der Waals surface area contributed by atoms with E-state index in [1.807, 2.05) is 19.1 Å². The zero-order valence-electron chi connectivity index (χ0n) is 8.43. The van der Waals surface area contributed by atoms with Gasteiger partial charge >= 0.3 is 0 Å². The normalized spacial score (nSPS) is 12.1. The van der Waals surface area contributed by atoms with E-state index in [2.05, 4.69) is 5.10 Å². The predicted molar refractivity (Wildman–Crippen MR) is 59.1 cm³/mol. The summed E-state index contributed by atoms with van der Waals surface area (Å²) in [6.45, 7) is 1.91. The lowest BCUT2D eigenvalue weighted by atomic mass is 10.2. The van der Waals surface area contributed by atoms with Crippen LogP contribution in [-0.2, 0) is 10.0 Å². The molecule has 1 aromatic carbocycles. The second-order valence-electron chi connectivity index (χ2n) is 3.51. The lowest BCUT2D eigenvalue weighted by Crippen LogP contribution is -2.11. The Bertz CT molecular complexity index is 628. The molecule has 0 aliphatic rings. The van der Waals surface area contributed by atoms with Crippen LogP contribution >= 0.6 is 0 Å². The number of fused-ring (bicyclic) bond motifs is 1. The fourth-order valence-corrected chi connectivity index (χ4v) is 2.23. The summed E-state index contributed by atoms with van der Waals surface area (Å²) in [5.74, 6) is 0.235. The molecule has 2 N–H and O–H groups in total. The van der Waals surface area contributed by atoms with Crippen molar-refractivity contribution < 1.29 is 8.42 Å². The molecule has 2 aromatic rings. The number of nitrogens with two attached hydrogens (primary N) is 1. The van der Waals surface area contributed by atoms with Crippen molar-refractivity contribution >= 4 is 26.7 Å². The van der Waals surface area contributed by atoms with Gasteiger partial charge in [-0.1, -0.05) is 11.6 Å². The van der Waals surface area contributed by atoms with Gasteiger partial charge in [-0.15, -0.1) is 5.10 Å². The van der Waals surface area contributed by atoms with Crippen molar-refractivity contribution in [2.45, 2.75) is 6.92 Å². The highest BCUT2D eigenvalue weighted by atomic mass is 32.2. The second kappa shape index (κ2) is 2.96. The Labute approximate surface area is 87.6 Å². The lowest BCUT2D eigenvalue weighted by molar-refractivity contribution is 0.589. The van der Waals surface area contributed by atoms with Crippen LogP contribution in [0.4, 0.5) is 5.82 Å². The van der Waals surface area contributed by atoms with Crippen LogP contribution in [0.2, 0.25) is 0 Å². The monoisotopic (exact) mass is 225 g/mol. The van der Waals surface area contributed by atoms with Crippen LogP contribution in [0.25, 0.3) is 10.9 Å². The quantitative estimate of drug-likeness (QED) is 0.776. The van der Waals surface area contributed by atoms with E-state index in [9.17, 15) is 8.42 Å². The van der Waals surface area contributed by atoms with Crippen molar-refractivity contribution in [3.63, 3.8) is 0 Å². The van der Waals surface area contributed by atoms with Crippen molar-refractivity contribution in [2.24, 2.45) is 0 Å². The third-order valence-corrected chi connectivity index (χ3v) is 3.05. The Kier molecular flexibility index (Phi) is 1.97. The van der Waals surface area contributed by atoms with Gasteiger partial charge in [-0.05, 0) is 19.1 Å². The van der Waals surface area contributed by atoms with Gasteiger partial charge in [0.2, 0.25) is 0 Å². The molecular formula is C9H11N3O2S. The summed E-state index contributed by atoms with van der Waals surface area (Å²) >= 11 is 0. The number of nitrogen functional groups attached to an aromatic ring is 1. The van der Waals surface area contributed by atoms with Gasteiger partial charge < -0.3 is 5.73 Å². The van der Waals surface area contributed by atoms with Gasteiger partial charge in [-0.25, -0.2) is 8.42 Å². The Balaban J connectivity index is 2.92. The van der Waals surface area contributed by atoms with Crippen LogP contribution in [0.1, 0.15) is 5.56 Å². The van der Waals surface area contributed by atoms with E-state index in [0.29, 0.717) is 10.9 Å². The molecule has 1 aromatic heterocycles. The number of hydrogen-bond donors (Lipinski definition) is 1. The smallest absolute Gasteiger partial charge is 0.251 e. The molecule has 6 heteroatoms. The number of aromatic nitrogens is 2. The third kappa shape index (κ3) is 1.56. The van der Waals surface area contributed by atoms with Gasteiger partial charge in [0.05, 0.1) is 11.8 Å². The number of anilines is 1. The minimum Gasteiger partial charge on any atom is -0.382 e. The summed E-state index contributed by atoms with van der Waals surface area (Å²) in [6.07, 6.45) is 1.10. The summed E-state index contributed by atoms with van der Waals surface area (Å²) < 4.78 is 23.7. The van der Waals surface area contributed by atoms with E-state index in [1.54, 1.807) is 6.07 Å². The third-order valence-electron chi connectivity index (χ3n) is 2.15. The number of nitrogens with zero attached hydrogens (tertiary/aromatic N) is 2. The number of hydrogen-bond acceptors (Lipinski definition) is 4. The van der Waals surface area contributed by atoms with Gasteiger partial charge in [-0.2, -0.15) is 4.09 Å². The topological polar surface area (TPSA) is 78.0 Å². The molecule has 5 nitrogen and oxygen atoms in total. The highest BCUT2D eigenvalue weighted by Crippen LogP contribution is 2.22. The molecule has 0 aliphatic carbocycles. The Morgan fingerprint density at radius 3 is 2.67 bits per heavy atom. The average Bonchev–Trinajstić information content (AvgIpc) is 2.43. The molecule has 0 atom stereocenters. The van der Waals surface area contributed by atoms with Crippen LogP contribution < -0.4 is 5.73 Å². The van der Waals surface area contributed by atoms with E-state index >= 15 is 0 Å². The minimum atomic E-state index is -3.40. The molecule has 0 fully saturated rings. The van der Waals surface area contributed by atoms with Gasteiger partial charge in [0, 0.05) is 5.39 Å². The van der Waals surface area contributed by atoms with Crippen LogP contribution in [0.5, 0.6) is 0 Å². The predicted octanol–water partition coefficient (Wildman–Crippen LogP) is 0.735. The first-order valence-electron chi connectivity index (χ1n) is 4.35. The molecule has 0 saturated heterocycles. The molecule has 0 bridgehead atoms. The fraction of sp³-hybridized carbons (Fsp3) is 0.222. The van der Waals surface area contributed by atoms with E-state index in [1.165, 1.54) is 0 Å². The van der Waals surface area contributed by atoms with Crippen molar-refractivity contribution in [3.05, 3.63) is 23.8 Å². The average molecular weight is 225 g/mol. The van der Waals surface area contributed by atoms with Crippen molar-refractivity contribution in [1.82, 2.24) is 9.19 Å². The summed E-state index contributed by atoms with van der Waals surface area (Å²) in [5.41, 5.74) is 7.18. The SMILES string of the molecule is Cc1ccc2c(c1)c(N)nn2S(C)(=O)=O. The molecule has 1 heterocycles. The number of benzene rings is 1. The first-order valence-corrected chi connectivity index (χ1v) is 6.20. The van der Waals surface area contributed by atoms with Gasteiger partial charge in [0.25, 0.3) is 10.0 Å². The Hall–Kier alpha value is -1.56. The first kappa shape index (κ1) is 9.97. The standard InChI is InChI=1S/C9H11N3O2S/c1-6-3-4-8-7(5-6)9(10)11-12(8)15(2,13)14/h3-5H,1-2H3,(H2,10,11). The summed E-state index contributed by atoms with van der Waals surface area (Å²) in [4.78, 5) is 0. The zero-order valence-corrected chi connectivity index (χ0v) is 9.25. The van der Waals surface area contributed by atoms with Crippen LogP contribution in [0.15, 0.2) is 18.2 Å². The van der Waals surface area contributed by atoms with E-state index in [0.717, 1.165) is 15.9 Å². The first-order chi connectivity index (χ1) is 6.89. The molecule has 80 valence electrons. The Morgan fingerprint density at radius 1 is 1.40 bits per heavy atom. The lowest BCUT2D eigenvalue weighted by Gasteiger charge is -1.98. The molecule has 15 heavy (non-hydrogen) atoms. The Morgan fingerprint density at radius 2 is 2.07 bits per heavy atom. The summed E-state index contributed by atoms with van der Waals surface area (Å²) in [5, 5.41) is 4.48. The second-order valence-corrected chi connectivity index (χ2v) is 5.32. The van der Waals surface area contributed by atoms with Crippen LogP contribution in [0.3, 0.4) is 0 Å². The zero-order chi connectivity index (χ0) is 11.2. The molecule has 0 aliphatic heterocycles. The molecule has 0 spiro atoms. The fourth-order valence-electron chi connectivity index (χ4n) is 1.48. The summed E-state index contributed by atoms with van der Waals surface area (Å²) in [7, 11) is -3.40. The van der Waals surface area contributed by atoms with E-state index < -0.39 is 10.0 Å². The number of aryl methyl sites for hydroxylation is 1. The highest BCUT2D eigenvalue weighted by Gasteiger charge is 2.14. The maximum Gasteiger partial charge on any atom is 0.251 e. The highest BCUT2D eigenvalue weighted by molar-refractivity contribution is 7.89. The molecule has 2 rings (SSSR count). The summed E-state index contributed by atoms with van der Waals surface area (Å²) in [6, 6.07) is 5.35. The van der Waals surface area contributed by atoms with Gasteiger partial charge in [0.15, 0.2) is 5.82 Å². The molecule has 0 saturated carbocycles. The van der Waals surface area contributed by atoms with Crippen molar-refractivity contribution in [3.8, 4) is 0 Å². The largest absolute Gasteiger partial charge is 0.382 e. The van der Waals surface area contributed by atoms with Crippen molar-refractivity contribution in [2.75, 3.05) is 12.0 Å². The van der Waals surface area contributed by atoms with Crippen LogP contribution in [-0.4, -0.2) is 23.9 Å². The maximum atomic E-state index is 11.4. The van der Waals surface area contributed by atoms with E-state index in [-0.39, 0.29) is 5.82 Å². The van der Waals surface area contributed by atoms with Gasteiger partial charge in [0.1, 0.15) is 0 Å². The number of rotatable bonds is 1. The van der Waals surface area contributed by atoms with E-state index in [4.69, 9.17) is 5.73 Å². The molecular weight excluding hydrogens is 214 g/mol. The maximum absolute atomic E-state index is 11.4. The molecule has 0 unspecified atom stereocenters. The van der Waals surface area contributed by atoms with Crippen molar-refractivity contribution in [1.29, 1.82) is 0 Å². The molecule has 0 amide bonds.